The highest BCUT2D eigenvalue weighted by Gasteiger charge is 2.23. The summed E-state index contributed by atoms with van der Waals surface area (Å²) in [5, 5.41) is 12.3. The molecule has 1 fully saturated rings. The maximum atomic E-state index is 12.2. The molecule has 1 heterocycles. The first kappa shape index (κ1) is 13.7. The number of halogens is 1. The lowest BCUT2D eigenvalue weighted by molar-refractivity contribution is -0.130. The number of nitriles is 1. The van der Waals surface area contributed by atoms with E-state index in [-0.39, 0.29) is 11.9 Å². The Hall–Kier alpha value is -1.73. The third kappa shape index (κ3) is 3.18. The van der Waals surface area contributed by atoms with Crippen molar-refractivity contribution in [3.8, 4) is 6.07 Å². The van der Waals surface area contributed by atoms with Gasteiger partial charge >= 0.3 is 0 Å². The Balaban J connectivity index is 2.04. The summed E-state index contributed by atoms with van der Waals surface area (Å²) in [7, 11) is 0. The molecule has 1 N–H and O–H groups in total. The van der Waals surface area contributed by atoms with Crippen LogP contribution in [-0.4, -0.2) is 29.9 Å². The van der Waals surface area contributed by atoms with E-state index in [1.807, 2.05) is 17.9 Å². The Morgan fingerprint density at radius 3 is 2.74 bits per heavy atom. The second-order valence-electron chi connectivity index (χ2n) is 4.70. The average Bonchev–Trinajstić information content (AvgIpc) is 2.94. The lowest BCUT2D eigenvalue weighted by Gasteiger charge is -2.22. The van der Waals surface area contributed by atoms with Gasteiger partial charge in [-0.05, 0) is 38.0 Å². The highest BCUT2D eigenvalue weighted by molar-refractivity contribution is 6.33. The van der Waals surface area contributed by atoms with E-state index in [1.54, 1.807) is 18.2 Å². The van der Waals surface area contributed by atoms with E-state index >= 15 is 0 Å². The second-order valence-corrected chi connectivity index (χ2v) is 5.11. The van der Waals surface area contributed by atoms with Crippen LogP contribution in [0.4, 0.5) is 5.69 Å². The van der Waals surface area contributed by atoms with Crippen LogP contribution in [-0.2, 0) is 4.79 Å². The zero-order valence-corrected chi connectivity index (χ0v) is 11.6. The first-order valence-electron chi connectivity index (χ1n) is 6.37. The summed E-state index contributed by atoms with van der Waals surface area (Å²) >= 11 is 6.08. The Kier molecular flexibility index (Phi) is 4.28. The fourth-order valence-corrected chi connectivity index (χ4v) is 2.44. The number of benzene rings is 1. The first-order valence-corrected chi connectivity index (χ1v) is 6.74. The third-order valence-electron chi connectivity index (χ3n) is 3.26. The topological polar surface area (TPSA) is 56.1 Å². The van der Waals surface area contributed by atoms with E-state index < -0.39 is 0 Å². The van der Waals surface area contributed by atoms with Gasteiger partial charge in [0.15, 0.2) is 0 Å². The summed E-state index contributed by atoms with van der Waals surface area (Å²) in [6.45, 7) is 3.51. The number of likely N-dealkylation sites (tertiary alicyclic amines) is 1. The Bertz CT molecular complexity index is 518. The highest BCUT2D eigenvalue weighted by atomic mass is 35.5. The maximum Gasteiger partial charge on any atom is 0.244 e. The van der Waals surface area contributed by atoms with Crippen LogP contribution in [0, 0.1) is 11.3 Å². The zero-order chi connectivity index (χ0) is 13.8. The lowest BCUT2D eigenvalue weighted by Crippen LogP contribution is -2.39. The van der Waals surface area contributed by atoms with E-state index in [0.29, 0.717) is 16.3 Å². The minimum Gasteiger partial charge on any atom is -0.373 e. The molecule has 4 nitrogen and oxygen atoms in total. The number of nitrogens with zero attached hydrogens (tertiary/aromatic N) is 2. The van der Waals surface area contributed by atoms with Gasteiger partial charge in [0, 0.05) is 13.1 Å². The van der Waals surface area contributed by atoms with Crippen LogP contribution in [0.2, 0.25) is 5.02 Å². The van der Waals surface area contributed by atoms with Gasteiger partial charge in [-0.15, -0.1) is 0 Å². The third-order valence-corrected chi connectivity index (χ3v) is 3.57. The van der Waals surface area contributed by atoms with E-state index in [4.69, 9.17) is 16.9 Å². The number of nitrogens with one attached hydrogen (secondary N) is 1. The van der Waals surface area contributed by atoms with Crippen molar-refractivity contribution in [3.63, 3.8) is 0 Å². The van der Waals surface area contributed by atoms with Crippen molar-refractivity contribution in [1.82, 2.24) is 4.90 Å². The molecule has 1 aromatic rings. The second kappa shape index (κ2) is 5.94. The summed E-state index contributed by atoms with van der Waals surface area (Å²) in [4.78, 5) is 14.0. The molecule has 5 heteroatoms. The van der Waals surface area contributed by atoms with Crippen LogP contribution in [0.1, 0.15) is 25.3 Å². The van der Waals surface area contributed by atoms with Crippen LogP contribution >= 0.6 is 11.6 Å². The molecule has 0 bridgehead atoms. The van der Waals surface area contributed by atoms with Crippen molar-refractivity contribution in [1.29, 1.82) is 5.26 Å². The van der Waals surface area contributed by atoms with Gasteiger partial charge < -0.3 is 10.2 Å². The van der Waals surface area contributed by atoms with Crippen molar-refractivity contribution in [3.05, 3.63) is 28.8 Å². The summed E-state index contributed by atoms with van der Waals surface area (Å²) in [6.07, 6.45) is 2.16. The summed E-state index contributed by atoms with van der Waals surface area (Å²) < 4.78 is 0. The largest absolute Gasteiger partial charge is 0.373 e. The van der Waals surface area contributed by atoms with Gasteiger partial charge in [-0.1, -0.05) is 11.6 Å². The van der Waals surface area contributed by atoms with Gasteiger partial charge in [0.1, 0.15) is 6.04 Å². The summed E-state index contributed by atoms with van der Waals surface area (Å²) in [5.41, 5.74) is 1.19. The fraction of sp³-hybridized carbons (Fsp3) is 0.429. The van der Waals surface area contributed by atoms with Crippen molar-refractivity contribution < 1.29 is 4.79 Å². The summed E-state index contributed by atoms with van der Waals surface area (Å²) in [6, 6.07) is 6.72. The molecule has 0 spiro atoms. The van der Waals surface area contributed by atoms with Crippen LogP contribution < -0.4 is 5.32 Å². The molecule has 1 aliphatic rings. The smallest absolute Gasteiger partial charge is 0.244 e. The number of carbonyl (C=O) groups is 1. The molecule has 1 atom stereocenters. The molecular formula is C14H16ClN3O. The molecular weight excluding hydrogens is 262 g/mol. The van der Waals surface area contributed by atoms with Gasteiger partial charge in [-0.2, -0.15) is 5.26 Å². The zero-order valence-electron chi connectivity index (χ0n) is 10.8. The predicted octanol–water partition coefficient (Wildman–Crippen LogP) is 2.63. The quantitative estimate of drug-likeness (QED) is 0.924. The fourth-order valence-electron chi connectivity index (χ4n) is 2.21. The average molecular weight is 278 g/mol. The monoisotopic (exact) mass is 277 g/mol. The van der Waals surface area contributed by atoms with Gasteiger partial charge in [0.2, 0.25) is 5.91 Å². The summed E-state index contributed by atoms with van der Waals surface area (Å²) in [5.74, 6) is 0.0953. The van der Waals surface area contributed by atoms with Gasteiger partial charge in [0.05, 0.1) is 22.3 Å². The van der Waals surface area contributed by atoms with Crippen LogP contribution in [0.25, 0.3) is 0 Å². The molecule has 1 saturated heterocycles. The van der Waals surface area contributed by atoms with E-state index in [9.17, 15) is 4.79 Å². The Morgan fingerprint density at radius 1 is 1.47 bits per heavy atom. The number of anilines is 1. The van der Waals surface area contributed by atoms with Crippen molar-refractivity contribution in [2.75, 3.05) is 18.4 Å². The minimum atomic E-state index is -0.316. The van der Waals surface area contributed by atoms with Gasteiger partial charge in [0.25, 0.3) is 0 Å². The highest BCUT2D eigenvalue weighted by Crippen LogP contribution is 2.24. The van der Waals surface area contributed by atoms with Crippen LogP contribution in [0.15, 0.2) is 18.2 Å². The standard InChI is InChI=1S/C14H16ClN3O/c1-10(14(19)18-6-2-3-7-18)17-13-5-4-11(9-16)8-12(13)15/h4-5,8,10,17H,2-3,6-7H2,1H3. The molecule has 2 rings (SSSR count). The predicted molar refractivity (Wildman–Crippen MR) is 75.1 cm³/mol. The normalized spacial score (nSPS) is 15.9. The molecule has 1 amide bonds. The number of carbonyl (C=O) groups excluding carboxylic acids is 1. The van der Waals surface area contributed by atoms with E-state index in [1.165, 1.54) is 0 Å². The van der Waals surface area contributed by atoms with Crippen molar-refractivity contribution in [2.45, 2.75) is 25.8 Å². The van der Waals surface area contributed by atoms with E-state index in [0.717, 1.165) is 25.9 Å². The van der Waals surface area contributed by atoms with Crippen molar-refractivity contribution >= 4 is 23.2 Å². The van der Waals surface area contributed by atoms with Crippen molar-refractivity contribution in [2.24, 2.45) is 0 Å². The molecule has 0 radical (unpaired) electrons. The molecule has 0 aromatic heterocycles. The van der Waals surface area contributed by atoms with Gasteiger partial charge in [-0.25, -0.2) is 0 Å². The molecule has 1 aromatic carbocycles. The number of rotatable bonds is 3. The Morgan fingerprint density at radius 2 is 2.16 bits per heavy atom. The molecule has 19 heavy (non-hydrogen) atoms. The van der Waals surface area contributed by atoms with E-state index in [2.05, 4.69) is 5.32 Å². The minimum absolute atomic E-state index is 0.0953. The Labute approximate surface area is 118 Å². The van der Waals surface area contributed by atoms with Crippen LogP contribution in [0.5, 0.6) is 0 Å². The van der Waals surface area contributed by atoms with Crippen LogP contribution in [0.3, 0.4) is 0 Å². The molecule has 100 valence electrons. The number of hydrogen-bond acceptors (Lipinski definition) is 3. The van der Waals surface area contributed by atoms with Gasteiger partial charge in [-0.3, -0.25) is 4.79 Å². The maximum absolute atomic E-state index is 12.2. The number of hydrogen-bond donors (Lipinski definition) is 1. The SMILES string of the molecule is CC(Nc1ccc(C#N)cc1Cl)C(=O)N1CCCC1. The lowest BCUT2D eigenvalue weighted by atomic mass is 10.2. The molecule has 0 aliphatic carbocycles. The first-order chi connectivity index (χ1) is 9.11. The molecule has 1 aliphatic heterocycles. The number of amides is 1. The molecule has 0 saturated carbocycles. The molecule has 1 unspecified atom stereocenters.